The van der Waals surface area contributed by atoms with E-state index in [0.717, 1.165) is 28.6 Å². The first-order valence-electron chi connectivity index (χ1n) is 6.97. The van der Waals surface area contributed by atoms with Gasteiger partial charge in [-0.3, -0.25) is 0 Å². The Labute approximate surface area is 128 Å². The minimum absolute atomic E-state index is 0.0174. The van der Waals surface area contributed by atoms with Gasteiger partial charge in [-0.15, -0.1) is 0 Å². The Morgan fingerprint density at radius 1 is 1.55 bits per heavy atom. The Balaban J connectivity index is 2.12. The molecule has 0 radical (unpaired) electrons. The fourth-order valence-corrected chi connectivity index (χ4v) is 3.05. The highest BCUT2D eigenvalue weighted by atomic mass is 79.9. The van der Waals surface area contributed by atoms with E-state index in [2.05, 4.69) is 28.2 Å². The molecule has 2 amide bonds. The Morgan fingerprint density at radius 2 is 2.30 bits per heavy atom. The topological polar surface area (TPSA) is 52.6 Å². The first kappa shape index (κ1) is 15.3. The van der Waals surface area contributed by atoms with Crippen molar-refractivity contribution >= 4 is 27.6 Å². The Morgan fingerprint density at radius 3 is 3.00 bits per heavy atom. The van der Waals surface area contributed by atoms with Crippen LogP contribution in [0.25, 0.3) is 0 Å². The fourth-order valence-electron chi connectivity index (χ4n) is 2.70. The number of carbonyl (C=O) groups excluding carboxylic acids is 1. The summed E-state index contributed by atoms with van der Waals surface area (Å²) < 4.78 is 0.863. The molecule has 2 unspecified atom stereocenters. The Kier molecular flexibility index (Phi) is 5.05. The van der Waals surface area contributed by atoms with Crippen molar-refractivity contribution in [3.63, 3.8) is 0 Å². The lowest BCUT2D eigenvalue weighted by Crippen LogP contribution is -2.51. The van der Waals surface area contributed by atoms with Crippen molar-refractivity contribution < 1.29 is 9.90 Å². The van der Waals surface area contributed by atoms with Gasteiger partial charge in [0.2, 0.25) is 0 Å². The van der Waals surface area contributed by atoms with Gasteiger partial charge in [0.15, 0.2) is 0 Å². The summed E-state index contributed by atoms with van der Waals surface area (Å²) >= 11 is 3.44. The second-order valence-corrected chi connectivity index (χ2v) is 6.33. The molecule has 1 aliphatic heterocycles. The number of likely N-dealkylation sites (tertiary alicyclic amines) is 1. The average molecular weight is 341 g/mol. The number of rotatable bonds is 2. The minimum atomic E-state index is -0.137. The molecule has 1 aromatic carbocycles. The van der Waals surface area contributed by atoms with Gasteiger partial charge in [-0.1, -0.05) is 13.0 Å². The van der Waals surface area contributed by atoms with E-state index in [-0.39, 0.29) is 18.7 Å². The second-order valence-electron chi connectivity index (χ2n) is 5.48. The van der Waals surface area contributed by atoms with Gasteiger partial charge in [-0.25, -0.2) is 4.79 Å². The summed E-state index contributed by atoms with van der Waals surface area (Å²) in [6, 6.07) is 5.62. The maximum Gasteiger partial charge on any atom is 0.322 e. The van der Waals surface area contributed by atoms with E-state index in [0.29, 0.717) is 12.5 Å². The van der Waals surface area contributed by atoms with Gasteiger partial charge < -0.3 is 15.3 Å². The van der Waals surface area contributed by atoms with Gasteiger partial charge in [0.1, 0.15) is 0 Å². The molecule has 1 saturated heterocycles. The zero-order valence-electron chi connectivity index (χ0n) is 11.9. The second kappa shape index (κ2) is 6.59. The van der Waals surface area contributed by atoms with E-state index >= 15 is 0 Å². The van der Waals surface area contributed by atoms with Crippen molar-refractivity contribution in [2.75, 3.05) is 18.5 Å². The van der Waals surface area contributed by atoms with Crippen LogP contribution in [0.4, 0.5) is 10.5 Å². The Hall–Kier alpha value is -1.07. The van der Waals surface area contributed by atoms with Crippen molar-refractivity contribution in [1.29, 1.82) is 0 Å². The van der Waals surface area contributed by atoms with Crippen LogP contribution >= 0.6 is 15.9 Å². The standard InChI is InChI=1S/C15H21BrN2O2/c1-10-5-6-12(16)13(8-10)17-15(20)18-7-3-4-11(2)14(18)9-19/h5-6,8,11,14,19H,3-4,7,9H2,1-2H3,(H,17,20). The lowest BCUT2D eigenvalue weighted by Gasteiger charge is -2.38. The molecular formula is C15H21BrN2O2. The van der Waals surface area contributed by atoms with Gasteiger partial charge in [0.25, 0.3) is 0 Å². The number of nitrogens with one attached hydrogen (secondary N) is 1. The first-order valence-corrected chi connectivity index (χ1v) is 7.77. The van der Waals surface area contributed by atoms with E-state index in [9.17, 15) is 9.90 Å². The van der Waals surface area contributed by atoms with E-state index in [4.69, 9.17) is 0 Å². The minimum Gasteiger partial charge on any atom is -0.394 e. The SMILES string of the molecule is Cc1ccc(Br)c(NC(=O)N2CCCC(C)C2CO)c1. The molecule has 1 fully saturated rings. The van der Waals surface area contributed by atoms with Crippen LogP contribution in [0.3, 0.4) is 0 Å². The van der Waals surface area contributed by atoms with Crippen LogP contribution in [0.1, 0.15) is 25.3 Å². The zero-order chi connectivity index (χ0) is 14.7. The van der Waals surface area contributed by atoms with Crippen molar-refractivity contribution in [1.82, 2.24) is 4.90 Å². The van der Waals surface area contributed by atoms with Crippen LogP contribution in [0.2, 0.25) is 0 Å². The Bertz CT molecular complexity index is 493. The lowest BCUT2D eigenvalue weighted by molar-refractivity contribution is 0.0811. The average Bonchev–Trinajstić information content (AvgIpc) is 2.42. The van der Waals surface area contributed by atoms with Crippen molar-refractivity contribution in [3.8, 4) is 0 Å². The van der Waals surface area contributed by atoms with Gasteiger partial charge in [-0.2, -0.15) is 0 Å². The highest BCUT2D eigenvalue weighted by Gasteiger charge is 2.31. The van der Waals surface area contributed by atoms with Crippen LogP contribution in [0.15, 0.2) is 22.7 Å². The van der Waals surface area contributed by atoms with Crippen LogP contribution in [-0.4, -0.2) is 35.2 Å². The highest BCUT2D eigenvalue weighted by Crippen LogP contribution is 2.26. The number of aryl methyl sites for hydroxylation is 1. The van der Waals surface area contributed by atoms with Crippen LogP contribution in [0, 0.1) is 12.8 Å². The van der Waals surface area contributed by atoms with E-state index in [1.165, 1.54) is 0 Å². The van der Waals surface area contributed by atoms with Gasteiger partial charge in [0.05, 0.1) is 18.3 Å². The summed E-state index contributed by atoms with van der Waals surface area (Å²) in [6.45, 7) is 4.79. The van der Waals surface area contributed by atoms with Gasteiger partial charge >= 0.3 is 6.03 Å². The third-order valence-corrected chi connectivity index (χ3v) is 4.62. The number of carbonyl (C=O) groups is 1. The van der Waals surface area contributed by atoms with Crippen LogP contribution in [-0.2, 0) is 0 Å². The molecule has 0 aliphatic carbocycles. The molecule has 110 valence electrons. The molecule has 5 heteroatoms. The smallest absolute Gasteiger partial charge is 0.322 e. The molecule has 2 N–H and O–H groups in total. The quantitative estimate of drug-likeness (QED) is 0.866. The molecule has 0 bridgehead atoms. The molecule has 0 aromatic heterocycles. The number of urea groups is 1. The maximum absolute atomic E-state index is 12.4. The summed E-state index contributed by atoms with van der Waals surface area (Å²) in [6.07, 6.45) is 2.04. The molecule has 0 spiro atoms. The molecule has 1 heterocycles. The van der Waals surface area contributed by atoms with E-state index in [1.807, 2.05) is 25.1 Å². The number of hydrogen-bond donors (Lipinski definition) is 2. The van der Waals surface area contributed by atoms with Crippen molar-refractivity contribution in [2.45, 2.75) is 32.7 Å². The molecule has 1 aromatic rings. The van der Waals surface area contributed by atoms with Crippen LogP contribution in [0.5, 0.6) is 0 Å². The summed E-state index contributed by atoms with van der Waals surface area (Å²) in [7, 11) is 0. The lowest BCUT2D eigenvalue weighted by atomic mass is 9.91. The molecule has 2 rings (SSSR count). The summed E-state index contributed by atoms with van der Waals surface area (Å²) in [5.74, 6) is 0.334. The number of halogens is 1. The number of nitrogens with zero attached hydrogens (tertiary/aromatic N) is 1. The molecule has 4 nitrogen and oxygen atoms in total. The number of benzene rings is 1. The third-order valence-electron chi connectivity index (χ3n) is 3.93. The third kappa shape index (κ3) is 3.33. The number of aliphatic hydroxyl groups excluding tert-OH is 1. The maximum atomic E-state index is 12.4. The normalized spacial score (nSPS) is 22.7. The molecular weight excluding hydrogens is 320 g/mol. The first-order chi connectivity index (χ1) is 9.52. The number of aliphatic hydroxyl groups is 1. The van der Waals surface area contributed by atoms with Crippen molar-refractivity contribution in [2.24, 2.45) is 5.92 Å². The van der Waals surface area contributed by atoms with Gasteiger partial charge in [0, 0.05) is 11.0 Å². The molecule has 20 heavy (non-hydrogen) atoms. The number of anilines is 1. The summed E-state index contributed by atoms with van der Waals surface area (Å²) in [5, 5.41) is 12.4. The fraction of sp³-hybridized carbons (Fsp3) is 0.533. The van der Waals surface area contributed by atoms with E-state index in [1.54, 1.807) is 4.90 Å². The molecule has 2 atom stereocenters. The number of piperidine rings is 1. The largest absolute Gasteiger partial charge is 0.394 e. The summed E-state index contributed by atoms with van der Waals surface area (Å²) in [4.78, 5) is 14.2. The predicted molar refractivity (Wildman–Crippen MR) is 83.9 cm³/mol. The van der Waals surface area contributed by atoms with Crippen molar-refractivity contribution in [3.05, 3.63) is 28.2 Å². The predicted octanol–water partition coefficient (Wildman–Crippen LogP) is 3.38. The summed E-state index contributed by atoms with van der Waals surface area (Å²) in [5.41, 5.74) is 1.86. The molecule has 0 saturated carbocycles. The van der Waals surface area contributed by atoms with Crippen LogP contribution < -0.4 is 5.32 Å². The zero-order valence-corrected chi connectivity index (χ0v) is 13.5. The highest BCUT2D eigenvalue weighted by molar-refractivity contribution is 9.10. The van der Waals surface area contributed by atoms with E-state index < -0.39 is 0 Å². The monoisotopic (exact) mass is 340 g/mol. The molecule has 1 aliphatic rings. The number of hydrogen-bond acceptors (Lipinski definition) is 2. The van der Waals surface area contributed by atoms with Gasteiger partial charge in [-0.05, 0) is 59.3 Å². The number of amides is 2.